The lowest BCUT2D eigenvalue weighted by molar-refractivity contribution is -0.384. The Balaban J connectivity index is 1.56. The highest BCUT2D eigenvalue weighted by Crippen LogP contribution is 2.29. The van der Waals surface area contributed by atoms with Crippen LogP contribution in [0.1, 0.15) is 28.8 Å². The fourth-order valence-corrected chi connectivity index (χ4v) is 3.81. The first-order valence-corrected chi connectivity index (χ1v) is 12.5. The standard InChI is InChI=1S/C28H31N5O7/c29-24(14-18-6-9-22(34)10-7-18)28(37)31-12-1-2-13-40-25-11-8-20(16-23(25)27(36)32-17-26(30)35)19-4-3-5-21(15-19)33(38)39/h3-11,15-16,24,34H,1-2,12-14,17,29H2,(H2,30,35)(H,31,37)(H,32,36)/t24-/m1/s1. The van der Waals surface area contributed by atoms with Crippen LogP contribution < -0.4 is 26.8 Å². The minimum Gasteiger partial charge on any atom is -0.508 e. The quantitative estimate of drug-likeness (QED) is 0.114. The maximum atomic E-state index is 12.8. The Morgan fingerprint density at radius 2 is 1.70 bits per heavy atom. The number of amides is 3. The number of unbranched alkanes of at least 4 members (excludes halogenated alkanes) is 1. The van der Waals surface area contributed by atoms with Crippen molar-refractivity contribution in [1.29, 1.82) is 0 Å². The van der Waals surface area contributed by atoms with Crippen molar-refractivity contribution in [2.75, 3.05) is 19.7 Å². The van der Waals surface area contributed by atoms with Gasteiger partial charge in [-0.3, -0.25) is 24.5 Å². The van der Waals surface area contributed by atoms with Crippen LogP contribution >= 0.6 is 0 Å². The Hall–Kier alpha value is -4.97. The van der Waals surface area contributed by atoms with Crippen LogP contribution in [0.4, 0.5) is 5.69 Å². The van der Waals surface area contributed by atoms with Gasteiger partial charge in [-0.2, -0.15) is 0 Å². The maximum Gasteiger partial charge on any atom is 0.270 e. The number of nitrogens with zero attached hydrogens (tertiary/aromatic N) is 1. The molecule has 0 aliphatic carbocycles. The number of nitro benzene ring substituents is 1. The van der Waals surface area contributed by atoms with Gasteiger partial charge in [-0.1, -0.05) is 30.3 Å². The smallest absolute Gasteiger partial charge is 0.270 e. The van der Waals surface area contributed by atoms with E-state index in [0.29, 0.717) is 36.9 Å². The number of nitro groups is 1. The molecule has 3 amide bonds. The molecule has 0 saturated carbocycles. The van der Waals surface area contributed by atoms with Gasteiger partial charge in [0.25, 0.3) is 11.6 Å². The van der Waals surface area contributed by atoms with Crippen molar-refractivity contribution in [3.63, 3.8) is 0 Å². The van der Waals surface area contributed by atoms with Gasteiger partial charge < -0.3 is 31.9 Å². The van der Waals surface area contributed by atoms with Gasteiger partial charge in [0.2, 0.25) is 11.8 Å². The van der Waals surface area contributed by atoms with Gasteiger partial charge in [-0.25, -0.2) is 0 Å². The second kappa shape index (κ2) is 14.3. The fourth-order valence-electron chi connectivity index (χ4n) is 3.81. The third-order valence-electron chi connectivity index (χ3n) is 5.89. The molecule has 0 heterocycles. The van der Waals surface area contributed by atoms with E-state index >= 15 is 0 Å². The zero-order valence-corrected chi connectivity index (χ0v) is 21.7. The van der Waals surface area contributed by atoms with Gasteiger partial charge in [0, 0.05) is 18.7 Å². The highest BCUT2D eigenvalue weighted by molar-refractivity contribution is 5.99. The van der Waals surface area contributed by atoms with E-state index in [9.17, 15) is 29.6 Å². The minimum atomic E-state index is -0.730. The van der Waals surface area contributed by atoms with Gasteiger partial charge in [-0.05, 0) is 60.2 Å². The number of hydrogen-bond acceptors (Lipinski definition) is 8. The van der Waals surface area contributed by atoms with Crippen molar-refractivity contribution in [3.05, 3.63) is 88.0 Å². The highest BCUT2D eigenvalue weighted by Gasteiger charge is 2.17. The summed E-state index contributed by atoms with van der Waals surface area (Å²) < 4.78 is 5.82. The molecule has 0 fully saturated rings. The molecule has 7 N–H and O–H groups in total. The molecular formula is C28H31N5O7. The molecule has 0 saturated heterocycles. The normalized spacial score (nSPS) is 11.3. The molecular weight excluding hydrogens is 518 g/mol. The zero-order valence-electron chi connectivity index (χ0n) is 21.7. The summed E-state index contributed by atoms with van der Waals surface area (Å²) in [5, 5.41) is 25.7. The topological polar surface area (TPSA) is 200 Å². The number of phenolic OH excluding ortho intramolecular Hbond substituents is 1. The molecule has 0 unspecified atom stereocenters. The van der Waals surface area contributed by atoms with Crippen LogP contribution in [0.25, 0.3) is 11.1 Å². The summed E-state index contributed by atoms with van der Waals surface area (Å²) in [4.78, 5) is 46.8. The first-order chi connectivity index (χ1) is 19.1. The molecule has 210 valence electrons. The van der Waals surface area contributed by atoms with Gasteiger partial charge in [0.05, 0.1) is 29.7 Å². The van der Waals surface area contributed by atoms with Crippen molar-refractivity contribution in [1.82, 2.24) is 10.6 Å². The third-order valence-corrected chi connectivity index (χ3v) is 5.89. The average Bonchev–Trinajstić information content (AvgIpc) is 2.94. The highest BCUT2D eigenvalue weighted by atomic mass is 16.6. The molecule has 12 heteroatoms. The zero-order chi connectivity index (χ0) is 29.1. The predicted octanol–water partition coefficient (Wildman–Crippen LogP) is 2.03. The second-order valence-electron chi connectivity index (χ2n) is 8.99. The largest absolute Gasteiger partial charge is 0.508 e. The number of phenols is 1. The number of carbonyl (C=O) groups excluding carboxylic acids is 3. The van der Waals surface area contributed by atoms with Gasteiger partial charge in [0.15, 0.2) is 0 Å². The third kappa shape index (κ3) is 8.81. The number of nitrogens with one attached hydrogen (secondary N) is 2. The fraction of sp³-hybridized carbons (Fsp3) is 0.250. The number of hydrogen-bond donors (Lipinski definition) is 5. The molecule has 0 radical (unpaired) electrons. The number of aromatic hydroxyl groups is 1. The number of non-ortho nitro benzene ring substituents is 1. The van der Waals surface area contributed by atoms with E-state index in [2.05, 4.69) is 10.6 Å². The molecule has 3 rings (SSSR count). The summed E-state index contributed by atoms with van der Waals surface area (Å²) in [7, 11) is 0. The van der Waals surface area contributed by atoms with Gasteiger partial charge >= 0.3 is 0 Å². The number of primary amides is 1. The van der Waals surface area contributed by atoms with E-state index in [-0.39, 0.29) is 41.8 Å². The summed E-state index contributed by atoms with van der Waals surface area (Å²) in [6.07, 6.45) is 1.48. The van der Waals surface area contributed by atoms with Crippen molar-refractivity contribution >= 4 is 23.4 Å². The number of benzene rings is 3. The molecule has 0 bridgehead atoms. The van der Waals surface area contributed by atoms with Crippen LogP contribution in [-0.4, -0.2) is 53.5 Å². The Morgan fingerprint density at radius 3 is 2.40 bits per heavy atom. The molecule has 40 heavy (non-hydrogen) atoms. The van der Waals surface area contributed by atoms with E-state index in [1.165, 1.54) is 30.3 Å². The van der Waals surface area contributed by atoms with Gasteiger partial charge in [-0.15, -0.1) is 0 Å². The van der Waals surface area contributed by atoms with E-state index in [4.69, 9.17) is 16.2 Å². The lowest BCUT2D eigenvalue weighted by Crippen LogP contribution is -2.42. The Kier molecular flexibility index (Phi) is 10.5. The Bertz CT molecular complexity index is 1360. The second-order valence-corrected chi connectivity index (χ2v) is 8.99. The summed E-state index contributed by atoms with van der Waals surface area (Å²) >= 11 is 0. The predicted molar refractivity (Wildman–Crippen MR) is 148 cm³/mol. The number of nitrogens with two attached hydrogens (primary N) is 2. The van der Waals surface area contributed by atoms with Crippen LogP contribution in [0.15, 0.2) is 66.7 Å². The lowest BCUT2D eigenvalue weighted by atomic mass is 10.0. The van der Waals surface area contributed by atoms with Crippen molar-refractivity contribution in [3.8, 4) is 22.6 Å². The molecule has 0 spiro atoms. The van der Waals surface area contributed by atoms with Crippen LogP contribution in [0.2, 0.25) is 0 Å². The van der Waals surface area contributed by atoms with E-state index < -0.39 is 22.8 Å². The Morgan fingerprint density at radius 1 is 0.975 bits per heavy atom. The SMILES string of the molecule is NC(=O)CNC(=O)c1cc(-c2cccc([N+](=O)[O-])c2)ccc1OCCCCNC(=O)[C@H](N)Cc1ccc(O)cc1. The van der Waals surface area contributed by atoms with E-state index in [1.807, 2.05) is 0 Å². The maximum absolute atomic E-state index is 12.8. The van der Waals surface area contributed by atoms with Crippen LogP contribution in [0, 0.1) is 10.1 Å². The van der Waals surface area contributed by atoms with Crippen molar-refractivity contribution < 1.29 is 29.2 Å². The van der Waals surface area contributed by atoms with E-state index in [1.54, 1.807) is 36.4 Å². The van der Waals surface area contributed by atoms with Crippen LogP contribution in [-0.2, 0) is 16.0 Å². The van der Waals surface area contributed by atoms with Crippen molar-refractivity contribution in [2.45, 2.75) is 25.3 Å². The molecule has 3 aromatic rings. The molecule has 0 aliphatic heterocycles. The minimum absolute atomic E-state index is 0.0917. The number of carbonyl (C=O) groups is 3. The molecule has 0 aliphatic rings. The van der Waals surface area contributed by atoms with Crippen molar-refractivity contribution in [2.24, 2.45) is 11.5 Å². The first kappa shape index (κ1) is 29.6. The molecule has 12 nitrogen and oxygen atoms in total. The monoisotopic (exact) mass is 549 g/mol. The van der Waals surface area contributed by atoms with Crippen LogP contribution in [0.3, 0.4) is 0 Å². The molecule has 0 aromatic heterocycles. The van der Waals surface area contributed by atoms with Crippen LogP contribution in [0.5, 0.6) is 11.5 Å². The molecule has 3 aromatic carbocycles. The lowest BCUT2D eigenvalue weighted by Gasteiger charge is -2.14. The number of rotatable bonds is 14. The molecule has 1 atom stereocenters. The van der Waals surface area contributed by atoms with Gasteiger partial charge in [0.1, 0.15) is 11.5 Å². The summed E-state index contributed by atoms with van der Waals surface area (Å²) in [5.41, 5.74) is 13.1. The first-order valence-electron chi connectivity index (χ1n) is 12.5. The summed E-state index contributed by atoms with van der Waals surface area (Å²) in [6, 6.07) is 16.5. The Labute approximate surface area is 230 Å². The summed E-state index contributed by atoms with van der Waals surface area (Å²) in [5.74, 6) is -1.19. The number of ether oxygens (including phenoxy) is 1. The average molecular weight is 550 g/mol. The van der Waals surface area contributed by atoms with E-state index in [0.717, 1.165) is 5.56 Å². The summed E-state index contributed by atoms with van der Waals surface area (Å²) in [6.45, 7) is 0.249.